The van der Waals surface area contributed by atoms with Crippen LogP contribution in [0.15, 0.2) is 6.20 Å². The lowest BCUT2D eigenvalue weighted by Crippen LogP contribution is -2.09. The second-order valence-corrected chi connectivity index (χ2v) is 2.71. The highest BCUT2D eigenvalue weighted by Crippen LogP contribution is 2.19. The van der Waals surface area contributed by atoms with Crippen molar-refractivity contribution < 1.29 is 19.4 Å². The Morgan fingerprint density at radius 1 is 1.57 bits per heavy atom. The Kier molecular flexibility index (Phi) is 3.21. The molecule has 0 saturated heterocycles. The van der Waals surface area contributed by atoms with E-state index in [1.165, 1.54) is 25.1 Å². The monoisotopic (exact) mass is 200 g/mol. The molecule has 1 heterocycles. The molecule has 78 valence electrons. The van der Waals surface area contributed by atoms with E-state index in [0.717, 1.165) is 0 Å². The van der Waals surface area contributed by atoms with Crippen molar-refractivity contribution >= 4 is 5.97 Å². The van der Waals surface area contributed by atoms with Crippen molar-refractivity contribution in [3.8, 4) is 0 Å². The average molecular weight is 200 g/mol. The first-order valence-electron chi connectivity index (χ1n) is 3.92. The first kappa shape index (κ1) is 10.7. The zero-order chi connectivity index (χ0) is 10.7. The van der Waals surface area contributed by atoms with E-state index in [4.69, 9.17) is 14.6 Å². The van der Waals surface area contributed by atoms with Crippen molar-refractivity contribution in [1.82, 2.24) is 9.78 Å². The van der Waals surface area contributed by atoms with E-state index < -0.39 is 12.3 Å². The van der Waals surface area contributed by atoms with Crippen LogP contribution in [0.1, 0.15) is 22.3 Å². The van der Waals surface area contributed by atoms with Crippen LogP contribution >= 0.6 is 0 Å². The number of carboxylic acids is 1. The normalized spacial score (nSPS) is 10.9. The number of hydrogen-bond donors (Lipinski definition) is 1. The lowest BCUT2D eigenvalue weighted by molar-refractivity contribution is -0.109. The van der Waals surface area contributed by atoms with E-state index in [1.54, 1.807) is 7.05 Å². The number of hydrogen-bond acceptors (Lipinski definition) is 4. The maximum atomic E-state index is 10.8. The number of ether oxygens (including phenoxy) is 2. The molecule has 0 amide bonds. The molecule has 0 bridgehead atoms. The molecular weight excluding hydrogens is 188 g/mol. The molecule has 1 aromatic heterocycles. The first-order valence-corrected chi connectivity index (χ1v) is 3.92. The van der Waals surface area contributed by atoms with Crippen LogP contribution in [-0.2, 0) is 16.5 Å². The molecule has 0 aliphatic rings. The van der Waals surface area contributed by atoms with Crippen LogP contribution in [0.2, 0.25) is 0 Å². The van der Waals surface area contributed by atoms with Gasteiger partial charge in [-0.15, -0.1) is 0 Å². The predicted molar refractivity (Wildman–Crippen MR) is 46.9 cm³/mol. The van der Waals surface area contributed by atoms with Crippen molar-refractivity contribution in [2.45, 2.75) is 6.29 Å². The summed E-state index contributed by atoms with van der Waals surface area (Å²) in [4.78, 5) is 10.8. The van der Waals surface area contributed by atoms with E-state index in [2.05, 4.69) is 5.10 Å². The molecule has 14 heavy (non-hydrogen) atoms. The highest BCUT2D eigenvalue weighted by molar-refractivity contribution is 5.88. The number of methoxy groups -OCH3 is 2. The van der Waals surface area contributed by atoms with Gasteiger partial charge in [-0.25, -0.2) is 4.79 Å². The van der Waals surface area contributed by atoms with Gasteiger partial charge in [0.05, 0.1) is 0 Å². The van der Waals surface area contributed by atoms with Gasteiger partial charge in [0.15, 0.2) is 0 Å². The molecule has 0 unspecified atom stereocenters. The van der Waals surface area contributed by atoms with Gasteiger partial charge >= 0.3 is 5.97 Å². The zero-order valence-electron chi connectivity index (χ0n) is 8.22. The second-order valence-electron chi connectivity index (χ2n) is 2.71. The molecule has 1 rings (SSSR count). The predicted octanol–water partition coefficient (Wildman–Crippen LogP) is 0.410. The van der Waals surface area contributed by atoms with Gasteiger partial charge in [-0.05, 0) is 0 Å². The highest BCUT2D eigenvalue weighted by Gasteiger charge is 2.22. The first-order chi connectivity index (χ1) is 6.60. The van der Waals surface area contributed by atoms with Gasteiger partial charge in [0.1, 0.15) is 11.3 Å². The topological polar surface area (TPSA) is 73.6 Å². The lowest BCUT2D eigenvalue weighted by Gasteiger charge is -2.10. The Morgan fingerprint density at radius 3 is 2.57 bits per heavy atom. The Morgan fingerprint density at radius 2 is 2.14 bits per heavy atom. The van der Waals surface area contributed by atoms with Gasteiger partial charge in [0.25, 0.3) is 0 Å². The summed E-state index contributed by atoms with van der Waals surface area (Å²) in [5, 5.41) is 12.8. The van der Waals surface area contributed by atoms with Gasteiger partial charge in [0.2, 0.25) is 6.29 Å². The third-order valence-electron chi connectivity index (χ3n) is 1.74. The third-order valence-corrected chi connectivity index (χ3v) is 1.74. The fraction of sp³-hybridized carbons (Fsp3) is 0.500. The lowest BCUT2D eigenvalue weighted by atomic mass is 10.2. The van der Waals surface area contributed by atoms with Gasteiger partial charge in [-0.1, -0.05) is 0 Å². The smallest absolute Gasteiger partial charge is 0.339 e. The number of carbonyl (C=O) groups is 1. The number of carboxylic acid groups (broad SMARTS) is 1. The van der Waals surface area contributed by atoms with Crippen LogP contribution in [0.3, 0.4) is 0 Å². The van der Waals surface area contributed by atoms with E-state index in [0.29, 0.717) is 0 Å². The van der Waals surface area contributed by atoms with Gasteiger partial charge < -0.3 is 14.6 Å². The van der Waals surface area contributed by atoms with Crippen molar-refractivity contribution in [3.05, 3.63) is 17.5 Å². The van der Waals surface area contributed by atoms with Crippen molar-refractivity contribution in [3.63, 3.8) is 0 Å². The Bertz CT molecular complexity index is 330. The minimum absolute atomic E-state index is 0.0844. The summed E-state index contributed by atoms with van der Waals surface area (Å²) in [6.07, 6.45) is 0.658. The molecule has 0 aliphatic carbocycles. The van der Waals surface area contributed by atoms with Gasteiger partial charge in [-0.2, -0.15) is 5.10 Å². The van der Waals surface area contributed by atoms with Crippen molar-refractivity contribution in [2.75, 3.05) is 14.2 Å². The minimum Gasteiger partial charge on any atom is -0.478 e. The molecule has 0 aromatic carbocycles. The summed E-state index contributed by atoms with van der Waals surface area (Å²) in [6, 6.07) is 0. The molecule has 0 aliphatic heterocycles. The molecule has 0 spiro atoms. The summed E-state index contributed by atoms with van der Waals surface area (Å²) in [5.41, 5.74) is 0.353. The van der Waals surface area contributed by atoms with Crippen LogP contribution in [0.5, 0.6) is 0 Å². The average Bonchev–Trinajstić information content (AvgIpc) is 2.50. The van der Waals surface area contributed by atoms with E-state index in [-0.39, 0.29) is 11.3 Å². The maximum Gasteiger partial charge on any atom is 0.339 e. The Labute approximate surface area is 81.0 Å². The summed E-state index contributed by atoms with van der Waals surface area (Å²) in [6.45, 7) is 0. The second kappa shape index (κ2) is 4.21. The fourth-order valence-corrected chi connectivity index (χ4v) is 1.16. The zero-order valence-corrected chi connectivity index (χ0v) is 8.22. The van der Waals surface area contributed by atoms with Crippen LogP contribution < -0.4 is 0 Å². The molecule has 0 fully saturated rings. The molecule has 6 nitrogen and oxygen atoms in total. The number of aromatic carboxylic acids is 1. The molecule has 6 heteroatoms. The van der Waals surface area contributed by atoms with E-state index in [9.17, 15) is 4.79 Å². The SMILES string of the molecule is COC(OC)c1nn(C)cc1C(=O)O. The van der Waals surface area contributed by atoms with Crippen molar-refractivity contribution in [1.29, 1.82) is 0 Å². The quantitative estimate of drug-likeness (QED) is 0.712. The molecule has 0 saturated carbocycles. The molecule has 1 aromatic rings. The Balaban J connectivity index is 3.11. The van der Waals surface area contributed by atoms with E-state index >= 15 is 0 Å². The van der Waals surface area contributed by atoms with Gasteiger partial charge in [0, 0.05) is 27.5 Å². The largest absolute Gasteiger partial charge is 0.478 e. The van der Waals surface area contributed by atoms with Gasteiger partial charge in [-0.3, -0.25) is 4.68 Å². The molecule has 0 radical (unpaired) electrons. The number of rotatable bonds is 4. The molecular formula is C8H12N2O4. The third kappa shape index (κ3) is 1.91. The summed E-state index contributed by atoms with van der Waals surface area (Å²) >= 11 is 0. The van der Waals surface area contributed by atoms with Crippen LogP contribution in [0.25, 0.3) is 0 Å². The highest BCUT2D eigenvalue weighted by atomic mass is 16.7. The van der Waals surface area contributed by atoms with Crippen LogP contribution in [0.4, 0.5) is 0 Å². The van der Waals surface area contributed by atoms with Crippen molar-refractivity contribution in [2.24, 2.45) is 7.05 Å². The molecule has 0 atom stereocenters. The van der Waals surface area contributed by atoms with Crippen LogP contribution in [0, 0.1) is 0 Å². The minimum atomic E-state index is -1.05. The number of aryl methyl sites for hydroxylation is 1. The summed E-state index contributed by atoms with van der Waals surface area (Å²) in [5.74, 6) is -1.05. The van der Waals surface area contributed by atoms with E-state index in [1.807, 2.05) is 0 Å². The Hall–Kier alpha value is -1.40. The fourth-order valence-electron chi connectivity index (χ4n) is 1.16. The van der Waals surface area contributed by atoms with Crippen LogP contribution in [-0.4, -0.2) is 35.1 Å². The molecule has 1 N–H and O–H groups in total. The summed E-state index contributed by atoms with van der Waals surface area (Å²) in [7, 11) is 4.49. The number of aromatic nitrogens is 2. The standard InChI is InChI=1S/C8H12N2O4/c1-10-4-5(7(11)12)6(9-10)8(13-2)14-3/h4,8H,1-3H3,(H,11,12). The maximum absolute atomic E-state index is 10.8. The number of nitrogens with zero attached hydrogens (tertiary/aromatic N) is 2. The summed E-state index contributed by atoms with van der Waals surface area (Å²) < 4.78 is 11.3.